The van der Waals surface area contributed by atoms with Crippen molar-refractivity contribution >= 4 is 0 Å². The third-order valence-corrected chi connectivity index (χ3v) is 2.67. The second-order valence-electron chi connectivity index (χ2n) is 4.79. The van der Waals surface area contributed by atoms with E-state index in [9.17, 15) is 30.7 Å². The van der Waals surface area contributed by atoms with Gasteiger partial charge in [-0.3, -0.25) is 0 Å². The van der Waals surface area contributed by atoms with Gasteiger partial charge in [0, 0.05) is 11.0 Å². The summed E-state index contributed by atoms with van der Waals surface area (Å²) >= 11 is 0. The first kappa shape index (κ1) is 15.8. The van der Waals surface area contributed by atoms with Crippen molar-refractivity contribution in [2.45, 2.75) is 31.9 Å². The van der Waals surface area contributed by atoms with E-state index in [2.05, 4.69) is 0 Å². The number of rotatable bonds is 1. The van der Waals surface area contributed by atoms with Crippen LogP contribution < -0.4 is 0 Å². The van der Waals surface area contributed by atoms with E-state index in [4.69, 9.17) is 0 Å². The molecule has 0 saturated carbocycles. The zero-order valence-electron chi connectivity index (χ0n) is 10.0. The maximum Gasteiger partial charge on any atom is 0.435 e. The summed E-state index contributed by atoms with van der Waals surface area (Å²) in [4.78, 5) is 0. The average Bonchev–Trinajstić information content (AvgIpc) is 2.34. The molecule has 0 spiro atoms. The standard InChI is InChI=1S/C12H11F7/c1-9(2)6-3-4-8(5-7-9)10(13,11(14,15)16)12(17,18)19/h3-7H,1-2H3. The summed E-state index contributed by atoms with van der Waals surface area (Å²) in [5.74, 6) is 0. The van der Waals surface area contributed by atoms with Crippen molar-refractivity contribution in [1.29, 1.82) is 0 Å². The summed E-state index contributed by atoms with van der Waals surface area (Å²) in [6.45, 7) is 3.13. The Morgan fingerprint density at radius 2 is 1.32 bits per heavy atom. The predicted molar refractivity (Wildman–Crippen MR) is 56.1 cm³/mol. The van der Waals surface area contributed by atoms with Gasteiger partial charge in [0.15, 0.2) is 0 Å². The lowest BCUT2D eigenvalue weighted by molar-refractivity contribution is -0.325. The highest BCUT2D eigenvalue weighted by molar-refractivity contribution is 5.40. The van der Waals surface area contributed by atoms with Gasteiger partial charge in [-0.15, -0.1) is 0 Å². The Morgan fingerprint density at radius 3 is 1.74 bits per heavy atom. The molecule has 0 aromatic carbocycles. The monoisotopic (exact) mass is 288 g/mol. The summed E-state index contributed by atoms with van der Waals surface area (Å²) in [6, 6.07) is 0. The molecule has 0 N–H and O–H groups in total. The molecule has 1 aliphatic carbocycles. The van der Waals surface area contributed by atoms with Crippen LogP contribution in [0.3, 0.4) is 0 Å². The lowest BCUT2D eigenvalue weighted by atomic mass is 9.90. The van der Waals surface area contributed by atoms with Gasteiger partial charge in [0.2, 0.25) is 0 Å². The van der Waals surface area contributed by atoms with Crippen LogP contribution in [0.1, 0.15) is 13.8 Å². The smallest absolute Gasteiger partial charge is 0.218 e. The van der Waals surface area contributed by atoms with E-state index in [1.165, 1.54) is 6.08 Å². The number of hydrogen-bond donors (Lipinski definition) is 0. The van der Waals surface area contributed by atoms with Crippen molar-refractivity contribution in [2.24, 2.45) is 5.41 Å². The number of alkyl halides is 7. The summed E-state index contributed by atoms with van der Waals surface area (Å²) in [5, 5.41) is 0. The predicted octanol–water partition coefficient (Wildman–Crippen LogP) is 4.90. The Labute approximate surface area is 105 Å². The number of halogens is 7. The highest BCUT2D eigenvalue weighted by Gasteiger charge is 2.73. The van der Waals surface area contributed by atoms with Gasteiger partial charge in [0.1, 0.15) is 0 Å². The molecule has 0 radical (unpaired) electrons. The molecule has 0 nitrogen and oxygen atoms in total. The molecule has 0 fully saturated rings. The van der Waals surface area contributed by atoms with Gasteiger partial charge < -0.3 is 0 Å². The van der Waals surface area contributed by atoms with Crippen LogP contribution in [0, 0.1) is 5.41 Å². The topological polar surface area (TPSA) is 0 Å². The van der Waals surface area contributed by atoms with E-state index in [0.717, 1.165) is 12.2 Å². The molecule has 0 bridgehead atoms. The number of hydrogen-bond acceptors (Lipinski definition) is 0. The molecule has 0 aliphatic heterocycles. The SMILES string of the molecule is CC1(C)C=CC=C(C(F)(C(F)(F)F)C(F)(F)F)C=C1. The first-order valence-electron chi connectivity index (χ1n) is 5.23. The Hall–Kier alpha value is -1.27. The van der Waals surface area contributed by atoms with Crippen molar-refractivity contribution in [1.82, 2.24) is 0 Å². The Bertz CT molecular complexity index is 418. The summed E-state index contributed by atoms with van der Waals surface area (Å²) in [6.07, 6.45) is -7.68. The second-order valence-corrected chi connectivity index (χ2v) is 4.79. The highest BCUT2D eigenvalue weighted by atomic mass is 19.4. The van der Waals surface area contributed by atoms with Gasteiger partial charge in [0.25, 0.3) is 0 Å². The Kier molecular flexibility index (Phi) is 3.64. The molecular formula is C12H11F7. The van der Waals surface area contributed by atoms with Gasteiger partial charge in [-0.05, 0) is 0 Å². The molecule has 7 heteroatoms. The highest BCUT2D eigenvalue weighted by Crippen LogP contribution is 2.51. The largest absolute Gasteiger partial charge is 0.435 e. The molecule has 0 unspecified atom stereocenters. The Morgan fingerprint density at radius 1 is 0.842 bits per heavy atom. The van der Waals surface area contributed by atoms with Crippen LogP contribution in [-0.4, -0.2) is 18.0 Å². The fraction of sp³-hybridized carbons (Fsp3) is 0.500. The van der Waals surface area contributed by atoms with Gasteiger partial charge in [-0.2, -0.15) is 26.3 Å². The first-order chi connectivity index (χ1) is 8.31. The van der Waals surface area contributed by atoms with Crippen molar-refractivity contribution < 1.29 is 30.7 Å². The second kappa shape index (κ2) is 4.38. The normalized spacial score (nSPS) is 20.2. The van der Waals surface area contributed by atoms with Crippen LogP contribution in [0.15, 0.2) is 36.0 Å². The lowest BCUT2D eigenvalue weighted by Gasteiger charge is -2.31. The van der Waals surface area contributed by atoms with Crippen molar-refractivity contribution in [3.63, 3.8) is 0 Å². The summed E-state index contributed by atoms with van der Waals surface area (Å²) in [7, 11) is 0. The van der Waals surface area contributed by atoms with E-state index in [-0.39, 0.29) is 0 Å². The Balaban J connectivity index is 3.39. The zero-order valence-corrected chi connectivity index (χ0v) is 10.0. The molecule has 0 saturated heterocycles. The molecular weight excluding hydrogens is 277 g/mol. The van der Waals surface area contributed by atoms with E-state index >= 15 is 0 Å². The van der Waals surface area contributed by atoms with Gasteiger partial charge >= 0.3 is 18.0 Å². The van der Waals surface area contributed by atoms with Crippen LogP contribution in [0.25, 0.3) is 0 Å². The van der Waals surface area contributed by atoms with Crippen LogP contribution in [-0.2, 0) is 0 Å². The lowest BCUT2D eigenvalue weighted by Crippen LogP contribution is -2.54. The van der Waals surface area contributed by atoms with Crippen molar-refractivity contribution in [2.75, 3.05) is 0 Å². The maximum absolute atomic E-state index is 13.7. The fourth-order valence-corrected chi connectivity index (χ4v) is 1.53. The summed E-state index contributed by atoms with van der Waals surface area (Å²) in [5.41, 5.74) is -7.60. The van der Waals surface area contributed by atoms with Crippen molar-refractivity contribution in [3.8, 4) is 0 Å². The van der Waals surface area contributed by atoms with Crippen LogP contribution in [0.5, 0.6) is 0 Å². The van der Waals surface area contributed by atoms with Crippen LogP contribution in [0.2, 0.25) is 0 Å². The van der Waals surface area contributed by atoms with Gasteiger partial charge in [-0.1, -0.05) is 44.2 Å². The van der Waals surface area contributed by atoms with E-state index in [1.54, 1.807) is 13.8 Å². The zero-order chi connectivity index (χ0) is 15.1. The minimum absolute atomic E-state index is 0.492. The molecule has 0 aromatic rings. The minimum Gasteiger partial charge on any atom is -0.218 e. The summed E-state index contributed by atoms with van der Waals surface area (Å²) < 4.78 is 88.8. The minimum atomic E-state index is -6.08. The van der Waals surface area contributed by atoms with E-state index < -0.39 is 29.0 Å². The quantitative estimate of drug-likeness (QED) is 0.602. The van der Waals surface area contributed by atoms with Gasteiger partial charge in [-0.25, -0.2) is 4.39 Å². The first-order valence-corrected chi connectivity index (χ1v) is 5.23. The third kappa shape index (κ3) is 2.84. The number of allylic oxidation sites excluding steroid dienone is 6. The molecule has 0 amide bonds. The molecule has 19 heavy (non-hydrogen) atoms. The molecule has 1 aliphatic rings. The maximum atomic E-state index is 13.7. The average molecular weight is 288 g/mol. The van der Waals surface area contributed by atoms with Crippen molar-refractivity contribution in [3.05, 3.63) is 36.0 Å². The third-order valence-electron chi connectivity index (χ3n) is 2.67. The van der Waals surface area contributed by atoms with Crippen LogP contribution in [0.4, 0.5) is 30.7 Å². The van der Waals surface area contributed by atoms with E-state index in [0.29, 0.717) is 12.2 Å². The fourth-order valence-electron chi connectivity index (χ4n) is 1.53. The van der Waals surface area contributed by atoms with Crippen LogP contribution >= 0.6 is 0 Å². The molecule has 0 aromatic heterocycles. The molecule has 108 valence electrons. The molecule has 1 rings (SSSR count). The molecule has 0 atom stereocenters. The van der Waals surface area contributed by atoms with Gasteiger partial charge in [0.05, 0.1) is 0 Å². The molecule has 0 heterocycles. The van der Waals surface area contributed by atoms with E-state index in [1.807, 2.05) is 0 Å².